The normalized spacial score (nSPS) is 13.3. The number of rotatable bonds is 9. The van der Waals surface area contributed by atoms with Crippen LogP contribution in [0.15, 0.2) is 67.3 Å². The van der Waals surface area contributed by atoms with Crippen molar-refractivity contribution in [2.45, 2.75) is 25.5 Å². The summed E-state index contributed by atoms with van der Waals surface area (Å²) >= 11 is 0. The van der Waals surface area contributed by atoms with Gasteiger partial charge in [0.2, 0.25) is 0 Å². The highest BCUT2D eigenvalue weighted by atomic mass is 16.5. The summed E-state index contributed by atoms with van der Waals surface area (Å²) in [6.45, 7) is 6.59. The summed E-state index contributed by atoms with van der Waals surface area (Å²) in [7, 11) is 0. The summed E-state index contributed by atoms with van der Waals surface area (Å²) in [5.41, 5.74) is 2.29. The van der Waals surface area contributed by atoms with Crippen molar-refractivity contribution >= 4 is 0 Å². The molecule has 0 fully saturated rings. The predicted octanol–water partition coefficient (Wildman–Crippen LogP) is 3.51. The van der Waals surface area contributed by atoms with Gasteiger partial charge in [-0.05, 0) is 30.5 Å². The lowest BCUT2D eigenvalue weighted by Gasteiger charge is -2.18. The first kappa shape index (κ1) is 17.3. The number of nitrogens with one attached hydrogen (secondary N) is 1. The summed E-state index contributed by atoms with van der Waals surface area (Å²) in [4.78, 5) is 0. The van der Waals surface area contributed by atoms with Crippen LogP contribution in [-0.4, -0.2) is 24.4 Å². The van der Waals surface area contributed by atoms with Crippen molar-refractivity contribution in [3.8, 4) is 5.75 Å². The molecule has 2 aromatic carbocycles. The molecule has 0 bridgehead atoms. The van der Waals surface area contributed by atoms with Crippen LogP contribution in [-0.2, 0) is 6.42 Å². The van der Waals surface area contributed by atoms with Gasteiger partial charge in [-0.2, -0.15) is 0 Å². The van der Waals surface area contributed by atoms with Crippen molar-refractivity contribution < 1.29 is 9.84 Å². The minimum atomic E-state index is -0.557. The molecule has 0 spiro atoms. The number of hydrogen-bond acceptors (Lipinski definition) is 3. The van der Waals surface area contributed by atoms with E-state index in [4.69, 9.17) is 4.74 Å². The van der Waals surface area contributed by atoms with Gasteiger partial charge in [0.15, 0.2) is 0 Å². The van der Waals surface area contributed by atoms with Crippen molar-refractivity contribution in [3.05, 3.63) is 78.4 Å². The van der Waals surface area contributed by atoms with Gasteiger partial charge in [0.1, 0.15) is 18.5 Å². The molecule has 3 heteroatoms. The largest absolute Gasteiger partial charge is 0.491 e. The lowest BCUT2D eigenvalue weighted by atomic mass is 10.1. The molecule has 3 nitrogen and oxygen atoms in total. The van der Waals surface area contributed by atoms with Crippen LogP contribution in [0.1, 0.15) is 24.1 Å². The second-order valence-electron chi connectivity index (χ2n) is 5.61. The van der Waals surface area contributed by atoms with Crippen LogP contribution >= 0.6 is 0 Å². The van der Waals surface area contributed by atoms with Crippen LogP contribution in [0.5, 0.6) is 5.75 Å². The number of ether oxygens (including phenoxy) is 1. The summed E-state index contributed by atoms with van der Waals surface area (Å²) in [5, 5.41) is 13.4. The van der Waals surface area contributed by atoms with Gasteiger partial charge in [-0.3, -0.25) is 0 Å². The number of allylic oxidation sites excluding steroid dienone is 1. The van der Waals surface area contributed by atoms with Gasteiger partial charge in [-0.1, -0.05) is 54.6 Å². The molecule has 0 aromatic heterocycles. The van der Waals surface area contributed by atoms with Gasteiger partial charge >= 0.3 is 0 Å². The van der Waals surface area contributed by atoms with E-state index in [0.717, 1.165) is 17.7 Å². The summed E-state index contributed by atoms with van der Waals surface area (Å²) < 4.78 is 5.75. The Balaban J connectivity index is 1.79. The first-order valence-electron chi connectivity index (χ1n) is 7.98. The minimum Gasteiger partial charge on any atom is -0.491 e. The van der Waals surface area contributed by atoms with E-state index in [9.17, 15) is 5.11 Å². The highest BCUT2D eigenvalue weighted by Crippen LogP contribution is 2.19. The third kappa shape index (κ3) is 5.55. The maximum atomic E-state index is 10.1. The second kappa shape index (κ2) is 9.13. The number of para-hydroxylation sites is 1. The van der Waals surface area contributed by atoms with E-state index >= 15 is 0 Å². The molecule has 0 heterocycles. The Morgan fingerprint density at radius 2 is 1.83 bits per heavy atom. The van der Waals surface area contributed by atoms with E-state index in [-0.39, 0.29) is 12.6 Å². The summed E-state index contributed by atoms with van der Waals surface area (Å²) in [6, 6.07) is 18.2. The maximum absolute atomic E-state index is 10.1. The van der Waals surface area contributed by atoms with E-state index < -0.39 is 6.10 Å². The molecule has 2 rings (SSSR count). The van der Waals surface area contributed by atoms with Gasteiger partial charge in [0.25, 0.3) is 0 Å². The second-order valence-corrected chi connectivity index (χ2v) is 5.61. The third-order valence-corrected chi connectivity index (χ3v) is 3.73. The zero-order chi connectivity index (χ0) is 16.5. The molecule has 0 saturated heterocycles. The quantitative estimate of drug-likeness (QED) is 0.696. The van der Waals surface area contributed by atoms with E-state index in [1.54, 1.807) is 0 Å². The minimum absolute atomic E-state index is 0.193. The van der Waals surface area contributed by atoms with Gasteiger partial charge in [0, 0.05) is 12.6 Å². The van der Waals surface area contributed by atoms with Crippen molar-refractivity contribution in [2.75, 3.05) is 13.2 Å². The van der Waals surface area contributed by atoms with Crippen LogP contribution in [0, 0.1) is 0 Å². The molecular formula is C20H25NO2. The molecule has 2 N–H and O–H groups in total. The lowest BCUT2D eigenvalue weighted by molar-refractivity contribution is 0.104. The highest BCUT2D eigenvalue weighted by Gasteiger charge is 2.10. The van der Waals surface area contributed by atoms with Gasteiger partial charge in [-0.25, -0.2) is 0 Å². The van der Waals surface area contributed by atoms with Gasteiger partial charge < -0.3 is 15.2 Å². The molecule has 0 radical (unpaired) electrons. The average molecular weight is 311 g/mol. The fourth-order valence-electron chi connectivity index (χ4n) is 2.39. The Morgan fingerprint density at radius 1 is 1.13 bits per heavy atom. The van der Waals surface area contributed by atoms with Crippen LogP contribution < -0.4 is 10.1 Å². The standard InChI is InChI=1S/C20H25NO2/c1-3-9-18-12-7-8-13-20(18)23-15-19(22)14-21-16(2)17-10-5-4-6-11-17/h3-8,10-13,16,19,21-22H,1,9,14-15H2,2H3. The maximum Gasteiger partial charge on any atom is 0.122 e. The molecule has 0 aliphatic rings. The number of aliphatic hydroxyl groups is 1. The SMILES string of the molecule is C=CCc1ccccc1OCC(O)CNC(C)c1ccccc1. The molecular weight excluding hydrogens is 286 g/mol. The lowest BCUT2D eigenvalue weighted by Crippen LogP contribution is -2.33. The topological polar surface area (TPSA) is 41.5 Å². The van der Waals surface area contributed by atoms with E-state index in [2.05, 4.69) is 31.0 Å². The first-order chi connectivity index (χ1) is 11.2. The van der Waals surface area contributed by atoms with Crippen LogP contribution in [0.4, 0.5) is 0 Å². The van der Waals surface area contributed by atoms with Gasteiger partial charge in [-0.15, -0.1) is 6.58 Å². The molecule has 2 aromatic rings. The zero-order valence-corrected chi connectivity index (χ0v) is 13.6. The molecule has 0 saturated carbocycles. The molecule has 0 aliphatic carbocycles. The molecule has 2 atom stereocenters. The van der Waals surface area contributed by atoms with Crippen LogP contribution in [0.2, 0.25) is 0 Å². The van der Waals surface area contributed by atoms with Crippen molar-refractivity contribution in [1.29, 1.82) is 0 Å². The van der Waals surface area contributed by atoms with Crippen molar-refractivity contribution in [3.63, 3.8) is 0 Å². The van der Waals surface area contributed by atoms with E-state index in [1.807, 2.05) is 48.5 Å². The Hall–Kier alpha value is -2.10. The molecule has 2 unspecified atom stereocenters. The van der Waals surface area contributed by atoms with Gasteiger partial charge in [0.05, 0.1) is 0 Å². The molecule has 0 aliphatic heterocycles. The smallest absolute Gasteiger partial charge is 0.122 e. The van der Waals surface area contributed by atoms with Crippen LogP contribution in [0.25, 0.3) is 0 Å². The zero-order valence-electron chi connectivity index (χ0n) is 13.6. The Labute approximate surface area is 138 Å². The van der Waals surface area contributed by atoms with Crippen molar-refractivity contribution in [1.82, 2.24) is 5.32 Å². The Kier molecular flexibility index (Phi) is 6.85. The number of benzene rings is 2. The summed E-state index contributed by atoms with van der Waals surface area (Å²) in [6.07, 6.45) is 2.05. The Morgan fingerprint density at radius 3 is 2.57 bits per heavy atom. The van der Waals surface area contributed by atoms with E-state index in [0.29, 0.717) is 6.54 Å². The average Bonchev–Trinajstić information content (AvgIpc) is 2.60. The predicted molar refractivity (Wildman–Crippen MR) is 94.7 cm³/mol. The van der Waals surface area contributed by atoms with Crippen LogP contribution in [0.3, 0.4) is 0 Å². The highest BCUT2D eigenvalue weighted by molar-refractivity contribution is 5.34. The third-order valence-electron chi connectivity index (χ3n) is 3.73. The van der Waals surface area contributed by atoms with Crippen molar-refractivity contribution in [2.24, 2.45) is 0 Å². The number of hydrogen-bond donors (Lipinski definition) is 2. The number of aliphatic hydroxyl groups excluding tert-OH is 1. The fraction of sp³-hybridized carbons (Fsp3) is 0.300. The summed E-state index contributed by atoms with van der Waals surface area (Å²) in [5.74, 6) is 0.808. The Bertz CT molecular complexity index is 598. The fourth-order valence-corrected chi connectivity index (χ4v) is 2.39. The molecule has 23 heavy (non-hydrogen) atoms. The molecule has 122 valence electrons. The first-order valence-corrected chi connectivity index (χ1v) is 7.98. The van der Waals surface area contributed by atoms with E-state index in [1.165, 1.54) is 5.56 Å². The monoisotopic (exact) mass is 311 g/mol. The molecule has 0 amide bonds.